The molecule has 1 saturated carbocycles. The molecule has 39 heavy (non-hydrogen) atoms. The van der Waals surface area contributed by atoms with Crippen molar-refractivity contribution >= 4 is 44.6 Å². The highest BCUT2D eigenvalue weighted by Crippen LogP contribution is 2.40. The summed E-state index contributed by atoms with van der Waals surface area (Å²) in [4.78, 5) is 49.8. The van der Waals surface area contributed by atoms with Crippen LogP contribution in [0.15, 0.2) is 40.1 Å². The van der Waals surface area contributed by atoms with Gasteiger partial charge in [0.25, 0.3) is 5.56 Å². The second-order valence-corrected chi connectivity index (χ2v) is 11.7. The Labute approximate surface area is 226 Å². The maximum atomic E-state index is 15.3. The number of carbonyl (C=O) groups excluding carboxylic acids is 1. The van der Waals surface area contributed by atoms with Gasteiger partial charge in [-0.3, -0.25) is 14.0 Å². The van der Waals surface area contributed by atoms with E-state index in [4.69, 9.17) is 9.57 Å². The summed E-state index contributed by atoms with van der Waals surface area (Å²) in [5.41, 5.74) is 0.0350. The van der Waals surface area contributed by atoms with Crippen molar-refractivity contribution in [1.29, 1.82) is 0 Å². The van der Waals surface area contributed by atoms with E-state index >= 15 is 4.39 Å². The van der Waals surface area contributed by atoms with Crippen LogP contribution in [0, 0.1) is 5.82 Å². The van der Waals surface area contributed by atoms with E-state index in [0.717, 1.165) is 30.2 Å². The predicted molar refractivity (Wildman–Crippen MR) is 147 cm³/mol. The number of nitrogens with zero attached hydrogens (tertiary/aromatic N) is 4. The van der Waals surface area contributed by atoms with Gasteiger partial charge in [-0.1, -0.05) is 0 Å². The molecule has 1 aromatic carbocycles. The highest BCUT2D eigenvalue weighted by atomic mass is 32.1. The van der Waals surface area contributed by atoms with E-state index in [1.54, 1.807) is 38.1 Å². The number of hydrogen-bond acceptors (Lipinski definition) is 9. The number of hydroxylamine groups is 2. The van der Waals surface area contributed by atoms with E-state index in [-0.39, 0.29) is 16.8 Å². The molecule has 2 fully saturated rings. The molecule has 1 aliphatic carbocycles. The van der Waals surface area contributed by atoms with Gasteiger partial charge in [-0.05, 0) is 69.4 Å². The molecule has 12 heteroatoms. The molecule has 0 bridgehead atoms. The fourth-order valence-electron chi connectivity index (χ4n) is 4.88. The maximum Gasteiger partial charge on any atom is 0.528 e. The third-order valence-electron chi connectivity index (χ3n) is 6.84. The summed E-state index contributed by atoms with van der Waals surface area (Å²) in [6.07, 6.45) is 2.78. The van der Waals surface area contributed by atoms with Crippen LogP contribution in [0.25, 0.3) is 32.2 Å². The molecule has 1 saturated heterocycles. The van der Waals surface area contributed by atoms with Crippen LogP contribution in [0.1, 0.15) is 39.7 Å². The number of carbonyl (C=O) groups is 1. The molecular formula is C27H28FN5O5S. The number of H-pyrrole nitrogens is 1. The minimum Gasteiger partial charge on any atom is -0.427 e. The number of ether oxygens (including phenoxy) is 1. The Morgan fingerprint density at radius 1 is 1.13 bits per heavy atom. The van der Waals surface area contributed by atoms with Crippen LogP contribution in [0.5, 0.6) is 0 Å². The zero-order chi connectivity index (χ0) is 27.5. The number of pyridine rings is 2. The van der Waals surface area contributed by atoms with Crippen LogP contribution < -0.4 is 15.9 Å². The number of aromatic nitrogens is 3. The average Bonchev–Trinajstić information content (AvgIpc) is 3.65. The lowest BCUT2D eigenvalue weighted by molar-refractivity contribution is -0.144. The highest BCUT2D eigenvalue weighted by Gasteiger charge is 2.29. The van der Waals surface area contributed by atoms with Gasteiger partial charge in [0.2, 0.25) is 5.43 Å². The van der Waals surface area contributed by atoms with Crippen LogP contribution in [-0.4, -0.2) is 56.9 Å². The second-order valence-electron chi connectivity index (χ2n) is 10.9. The number of rotatable bonds is 4. The number of hydrogen-bond donors (Lipinski definition) is 1. The van der Waals surface area contributed by atoms with Crippen LogP contribution in [-0.2, 0) is 9.57 Å². The summed E-state index contributed by atoms with van der Waals surface area (Å²) in [5.74, 6) is 0.181. The first-order chi connectivity index (χ1) is 18.6. The summed E-state index contributed by atoms with van der Waals surface area (Å²) in [6.45, 7) is 7.48. The first-order valence-corrected chi connectivity index (χ1v) is 13.7. The molecule has 4 aromatic rings. The topological polar surface area (TPSA) is 110 Å². The Morgan fingerprint density at radius 2 is 1.87 bits per heavy atom. The molecule has 0 radical (unpaired) electrons. The number of benzene rings is 1. The van der Waals surface area contributed by atoms with Gasteiger partial charge in [0, 0.05) is 41.8 Å². The SMILES string of the molecule is CC(C)(C)OC(=O)ON1CCN(c2ccc(-c3cc4c(cc3F)c(=O)c3c(=O)[nH]sc3n4C3CC3)cn2)CC1. The molecule has 204 valence electrons. The smallest absolute Gasteiger partial charge is 0.427 e. The van der Waals surface area contributed by atoms with Crippen molar-refractivity contribution in [2.75, 3.05) is 31.1 Å². The predicted octanol–water partition coefficient (Wildman–Crippen LogP) is 4.43. The van der Waals surface area contributed by atoms with Gasteiger partial charge in [-0.25, -0.2) is 14.2 Å². The Morgan fingerprint density at radius 3 is 2.51 bits per heavy atom. The average molecular weight is 554 g/mol. The quantitative estimate of drug-likeness (QED) is 0.370. The summed E-state index contributed by atoms with van der Waals surface area (Å²) in [5, 5.41) is 1.87. The van der Waals surface area contributed by atoms with Crippen molar-refractivity contribution in [3.8, 4) is 11.1 Å². The van der Waals surface area contributed by atoms with Crippen molar-refractivity contribution in [1.82, 2.24) is 19.0 Å². The van der Waals surface area contributed by atoms with E-state index < -0.39 is 28.6 Å². The zero-order valence-electron chi connectivity index (χ0n) is 21.8. The van der Waals surface area contributed by atoms with Crippen LogP contribution in [0.4, 0.5) is 15.0 Å². The van der Waals surface area contributed by atoms with E-state index in [2.05, 4.69) is 14.3 Å². The minimum absolute atomic E-state index is 0.0918. The molecule has 4 heterocycles. The van der Waals surface area contributed by atoms with Gasteiger partial charge >= 0.3 is 6.16 Å². The van der Waals surface area contributed by atoms with Gasteiger partial charge < -0.3 is 19.0 Å². The van der Waals surface area contributed by atoms with Crippen LogP contribution >= 0.6 is 11.5 Å². The zero-order valence-corrected chi connectivity index (χ0v) is 22.6. The molecule has 2 aliphatic rings. The molecule has 1 N–H and O–H groups in total. The fourth-order valence-corrected chi connectivity index (χ4v) is 5.81. The number of halogens is 1. The molecule has 10 nitrogen and oxygen atoms in total. The maximum absolute atomic E-state index is 15.3. The molecule has 6 rings (SSSR count). The summed E-state index contributed by atoms with van der Waals surface area (Å²) < 4.78 is 25.2. The Kier molecular flexibility index (Phi) is 6.18. The van der Waals surface area contributed by atoms with Crippen molar-refractivity contribution in [3.05, 3.63) is 56.9 Å². The summed E-state index contributed by atoms with van der Waals surface area (Å²) in [6, 6.07) is 6.75. The van der Waals surface area contributed by atoms with Gasteiger partial charge in [0.15, 0.2) is 0 Å². The van der Waals surface area contributed by atoms with E-state index in [1.165, 1.54) is 6.07 Å². The van der Waals surface area contributed by atoms with E-state index in [0.29, 0.717) is 47.7 Å². The van der Waals surface area contributed by atoms with Crippen LogP contribution in [0.3, 0.4) is 0 Å². The van der Waals surface area contributed by atoms with Crippen LogP contribution in [0.2, 0.25) is 0 Å². The molecule has 1 aliphatic heterocycles. The number of anilines is 1. The largest absolute Gasteiger partial charge is 0.528 e. The standard InChI is InChI=1S/C27H28FN5O5S/c1-27(2,3)37-26(36)38-32-10-8-31(9-11-32)21-7-4-15(14-29-21)17-13-20-18(12-19(17)28)23(34)22-24(35)30-39-25(22)33(20)16-5-6-16/h4,7,12-14,16H,5-6,8-11H2,1-3H3,(H,30,35). The summed E-state index contributed by atoms with van der Waals surface area (Å²) in [7, 11) is 0. The van der Waals surface area contributed by atoms with Gasteiger partial charge in [-0.2, -0.15) is 0 Å². The Balaban J connectivity index is 1.24. The lowest BCUT2D eigenvalue weighted by Crippen LogP contribution is -2.47. The van der Waals surface area contributed by atoms with Crippen molar-refractivity contribution < 1.29 is 18.8 Å². The molecule has 3 aromatic heterocycles. The third-order valence-corrected chi connectivity index (χ3v) is 7.73. The van der Waals surface area contributed by atoms with Gasteiger partial charge in [0.05, 0.1) is 18.6 Å². The lowest BCUT2D eigenvalue weighted by atomic mass is 10.0. The molecular weight excluding hydrogens is 525 g/mol. The highest BCUT2D eigenvalue weighted by molar-refractivity contribution is 7.12. The first-order valence-electron chi connectivity index (χ1n) is 12.9. The van der Waals surface area contributed by atoms with E-state index in [9.17, 15) is 14.4 Å². The summed E-state index contributed by atoms with van der Waals surface area (Å²) >= 11 is 1.14. The van der Waals surface area contributed by atoms with Crippen molar-refractivity contribution in [3.63, 3.8) is 0 Å². The lowest BCUT2D eigenvalue weighted by Gasteiger charge is -2.34. The molecule has 0 spiro atoms. The number of nitrogens with one attached hydrogen (secondary N) is 1. The fraction of sp³-hybridized carbons (Fsp3) is 0.407. The van der Waals surface area contributed by atoms with Crippen molar-refractivity contribution in [2.45, 2.75) is 45.3 Å². The minimum atomic E-state index is -0.727. The monoisotopic (exact) mass is 553 g/mol. The first kappa shape index (κ1) is 25.5. The number of fused-ring (bicyclic) bond motifs is 2. The number of piperazine rings is 1. The molecule has 0 atom stereocenters. The molecule has 0 amide bonds. The normalized spacial score (nSPS) is 16.7. The molecule has 0 unspecified atom stereocenters. The van der Waals surface area contributed by atoms with Gasteiger partial charge in [-0.15, -0.1) is 5.06 Å². The Bertz CT molecular complexity index is 1690. The van der Waals surface area contributed by atoms with Gasteiger partial charge in [0.1, 0.15) is 27.5 Å². The Hall–Kier alpha value is -3.77. The third kappa shape index (κ3) is 4.89. The number of aromatic amines is 1. The second kappa shape index (κ2) is 9.45. The van der Waals surface area contributed by atoms with E-state index in [1.807, 2.05) is 16.7 Å². The van der Waals surface area contributed by atoms with Crippen molar-refractivity contribution in [2.24, 2.45) is 0 Å².